The first-order valence-corrected chi connectivity index (χ1v) is 10.5. The number of amides is 2. The molecule has 2 amide bonds. The van der Waals surface area contributed by atoms with E-state index in [0.29, 0.717) is 31.5 Å². The highest BCUT2D eigenvalue weighted by Gasteiger charge is 2.25. The van der Waals surface area contributed by atoms with Crippen molar-refractivity contribution in [3.05, 3.63) is 23.6 Å². The maximum absolute atomic E-state index is 13.7. The first-order valence-electron chi connectivity index (χ1n) is 9.31. The lowest BCUT2D eigenvalue weighted by Gasteiger charge is -2.29. The molecular formula is C18H25FN4O3S. The van der Waals surface area contributed by atoms with Crippen molar-refractivity contribution in [2.75, 3.05) is 16.8 Å². The minimum absolute atomic E-state index is 0.0495. The van der Waals surface area contributed by atoms with Crippen molar-refractivity contribution < 1.29 is 19.1 Å². The van der Waals surface area contributed by atoms with Crippen LogP contribution in [0.1, 0.15) is 48.9 Å². The molecule has 3 rings (SSSR count). The van der Waals surface area contributed by atoms with Gasteiger partial charge in [0.1, 0.15) is 11.6 Å². The largest absolute Gasteiger partial charge is 0.465 e. The SMILES string of the molecule is O=C(O)N[C@H]1CC[C@@H](NC(=O)c2cc(F)cnc2NC2CCSCC2)CC1. The normalized spacial score (nSPS) is 23.4. The van der Waals surface area contributed by atoms with E-state index in [9.17, 15) is 14.0 Å². The van der Waals surface area contributed by atoms with Crippen molar-refractivity contribution in [1.29, 1.82) is 0 Å². The first kappa shape index (κ1) is 19.7. The fourth-order valence-electron chi connectivity index (χ4n) is 3.58. The molecule has 0 radical (unpaired) electrons. The third kappa shape index (κ3) is 5.72. The molecule has 0 spiro atoms. The molecule has 0 bridgehead atoms. The fraction of sp³-hybridized carbons (Fsp3) is 0.611. The zero-order valence-corrected chi connectivity index (χ0v) is 15.9. The highest BCUT2D eigenvalue weighted by atomic mass is 32.2. The number of carbonyl (C=O) groups is 2. The monoisotopic (exact) mass is 396 g/mol. The van der Waals surface area contributed by atoms with E-state index in [1.165, 1.54) is 6.07 Å². The predicted octanol–water partition coefficient (Wildman–Crippen LogP) is 2.84. The molecular weight excluding hydrogens is 371 g/mol. The Balaban J connectivity index is 1.60. The van der Waals surface area contributed by atoms with Crippen LogP contribution in [0, 0.1) is 5.82 Å². The molecule has 2 aliphatic rings. The molecule has 2 fully saturated rings. The van der Waals surface area contributed by atoms with Crippen LogP contribution in [0.3, 0.4) is 0 Å². The third-order valence-corrected chi connectivity index (χ3v) is 6.10. The van der Waals surface area contributed by atoms with Gasteiger partial charge in [-0.05, 0) is 56.1 Å². The van der Waals surface area contributed by atoms with Crippen molar-refractivity contribution >= 4 is 29.6 Å². The summed E-state index contributed by atoms with van der Waals surface area (Å²) in [7, 11) is 0. The van der Waals surface area contributed by atoms with Crippen LogP contribution in [-0.4, -0.2) is 51.7 Å². The topological polar surface area (TPSA) is 103 Å². The Bertz CT molecular complexity index is 677. The molecule has 0 unspecified atom stereocenters. The lowest BCUT2D eigenvalue weighted by atomic mass is 9.91. The van der Waals surface area contributed by atoms with Gasteiger partial charge in [0, 0.05) is 18.1 Å². The van der Waals surface area contributed by atoms with Crippen LogP contribution in [0.2, 0.25) is 0 Å². The number of hydrogen-bond acceptors (Lipinski definition) is 5. The number of hydrogen-bond donors (Lipinski definition) is 4. The lowest BCUT2D eigenvalue weighted by Crippen LogP contribution is -2.43. The molecule has 148 valence electrons. The van der Waals surface area contributed by atoms with Crippen LogP contribution >= 0.6 is 11.8 Å². The van der Waals surface area contributed by atoms with Crippen LogP contribution in [0.15, 0.2) is 12.3 Å². The molecule has 9 heteroatoms. The summed E-state index contributed by atoms with van der Waals surface area (Å²) in [6, 6.07) is 1.34. The van der Waals surface area contributed by atoms with Gasteiger partial charge in [-0.15, -0.1) is 0 Å². The maximum Gasteiger partial charge on any atom is 0.404 e. The van der Waals surface area contributed by atoms with Crippen LogP contribution in [0.5, 0.6) is 0 Å². The van der Waals surface area contributed by atoms with Gasteiger partial charge in [0.05, 0.1) is 11.8 Å². The van der Waals surface area contributed by atoms with E-state index < -0.39 is 11.9 Å². The number of halogens is 1. The van der Waals surface area contributed by atoms with E-state index in [1.807, 2.05) is 11.8 Å². The van der Waals surface area contributed by atoms with Gasteiger partial charge in [-0.25, -0.2) is 14.2 Å². The van der Waals surface area contributed by atoms with Crippen molar-refractivity contribution in [3.63, 3.8) is 0 Å². The molecule has 2 heterocycles. The maximum atomic E-state index is 13.7. The van der Waals surface area contributed by atoms with Gasteiger partial charge < -0.3 is 21.1 Å². The van der Waals surface area contributed by atoms with E-state index in [2.05, 4.69) is 20.9 Å². The minimum Gasteiger partial charge on any atom is -0.465 e. The Morgan fingerprint density at radius 1 is 1.04 bits per heavy atom. The van der Waals surface area contributed by atoms with Gasteiger partial charge in [-0.3, -0.25) is 4.79 Å². The highest BCUT2D eigenvalue weighted by molar-refractivity contribution is 7.99. The Hall–Kier alpha value is -2.03. The molecule has 4 N–H and O–H groups in total. The van der Waals surface area contributed by atoms with Crippen molar-refractivity contribution in [1.82, 2.24) is 15.6 Å². The lowest BCUT2D eigenvalue weighted by molar-refractivity contribution is 0.0923. The Kier molecular flexibility index (Phi) is 6.76. The van der Waals surface area contributed by atoms with Crippen LogP contribution in [0.25, 0.3) is 0 Å². The molecule has 1 saturated carbocycles. The number of rotatable bonds is 5. The number of carboxylic acid groups (broad SMARTS) is 1. The smallest absolute Gasteiger partial charge is 0.404 e. The van der Waals surface area contributed by atoms with Gasteiger partial charge >= 0.3 is 6.09 Å². The van der Waals surface area contributed by atoms with Crippen LogP contribution in [-0.2, 0) is 0 Å². The van der Waals surface area contributed by atoms with E-state index in [-0.39, 0.29) is 29.6 Å². The molecule has 0 atom stereocenters. The number of pyridine rings is 1. The van der Waals surface area contributed by atoms with Crippen LogP contribution < -0.4 is 16.0 Å². The average molecular weight is 396 g/mol. The number of aromatic nitrogens is 1. The van der Waals surface area contributed by atoms with Crippen LogP contribution in [0.4, 0.5) is 15.0 Å². The Labute approximate surface area is 161 Å². The number of thioether (sulfide) groups is 1. The number of anilines is 1. The molecule has 27 heavy (non-hydrogen) atoms. The van der Waals surface area contributed by atoms with Crippen molar-refractivity contribution in [3.8, 4) is 0 Å². The van der Waals surface area contributed by atoms with E-state index in [0.717, 1.165) is 30.5 Å². The summed E-state index contributed by atoms with van der Waals surface area (Å²) in [6.45, 7) is 0. The van der Waals surface area contributed by atoms with E-state index >= 15 is 0 Å². The first-order chi connectivity index (χ1) is 13.0. The molecule has 1 aromatic rings. The fourth-order valence-corrected chi connectivity index (χ4v) is 4.69. The van der Waals surface area contributed by atoms with Gasteiger partial charge in [0.2, 0.25) is 0 Å². The Morgan fingerprint density at radius 3 is 2.30 bits per heavy atom. The highest BCUT2D eigenvalue weighted by Crippen LogP contribution is 2.24. The van der Waals surface area contributed by atoms with Gasteiger partial charge in [-0.2, -0.15) is 11.8 Å². The molecule has 1 aliphatic heterocycles. The number of nitrogens with zero attached hydrogens (tertiary/aromatic N) is 1. The summed E-state index contributed by atoms with van der Waals surface area (Å²) in [5.41, 5.74) is 0.221. The predicted molar refractivity (Wildman–Crippen MR) is 103 cm³/mol. The van der Waals surface area contributed by atoms with Crippen molar-refractivity contribution in [2.24, 2.45) is 0 Å². The Morgan fingerprint density at radius 2 is 1.67 bits per heavy atom. The summed E-state index contributed by atoms with van der Waals surface area (Å²) >= 11 is 1.91. The number of nitrogens with one attached hydrogen (secondary N) is 3. The summed E-state index contributed by atoms with van der Waals surface area (Å²) < 4.78 is 13.7. The molecule has 1 saturated heterocycles. The zero-order valence-electron chi connectivity index (χ0n) is 15.0. The molecule has 1 aromatic heterocycles. The second-order valence-corrected chi connectivity index (χ2v) is 8.28. The summed E-state index contributed by atoms with van der Waals surface area (Å²) in [4.78, 5) is 27.5. The second-order valence-electron chi connectivity index (χ2n) is 7.05. The van der Waals surface area contributed by atoms with Crippen molar-refractivity contribution in [2.45, 2.75) is 56.7 Å². The molecule has 1 aliphatic carbocycles. The number of carbonyl (C=O) groups excluding carboxylic acids is 1. The summed E-state index contributed by atoms with van der Waals surface area (Å²) in [5, 5.41) is 17.5. The quantitative estimate of drug-likeness (QED) is 0.610. The third-order valence-electron chi connectivity index (χ3n) is 5.05. The van der Waals surface area contributed by atoms with E-state index in [1.54, 1.807) is 0 Å². The average Bonchev–Trinajstić information content (AvgIpc) is 2.65. The minimum atomic E-state index is -1.02. The summed E-state index contributed by atoms with van der Waals surface area (Å²) in [6.07, 6.45) is 4.79. The van der Waals surface area contributed by atoms with Gasteiger partial charge in [-0.1, -0.05) is 0 Å². The van der Waals surface area contributed by atoms with Gasteiger partial charge in [0.25, 0.3) is 5.91 Å². The van der Waals surface area contributed by atoms with Gasteiger partial charge in [0.15, 0.2) is 0 Å². The van der Waals surface area contributed by atoms with E-state index in [4.69, 9.17) is 5.11 Å². The standard InChI is InChI=1S/C18H25FN4O3S/c19-11-9-15(16(20-10-11)21-14-5-7-27-8-6-14)17(24)22-12-1-3-13(4-2-12)23-18(25)26/h9-10,12-14,23H,1-8H2,(H,20,21)(H,22,24)(H,25,26)/t12-,13+. The summed E-state index contributed by atoms with van der Waals surface area (Å²) in [5.74, 6) is 1.66. The zero-order chi connectivity index (χ0) is 19.2. The second kappa shape index (κ2) is 9.25. The molecule has 7 nitrogen and oxygen atoms in total. The molecule has 0 aromatic carbocycles.